The van der Waals surface area contributed by atoms with Gasteiger partial charge >= 0.3 is 0 Å². The van der Waals surface area contributed by atoms with Crippen molar-refractivity contribution in [3.05, 3.63) is 71.4 Å². The first-order valence-corrected chi connectivity index (χ1v) is 9.25. The molecule has 0 saturated heterocycles. The highest BCUT2D eigenvalue weighted by Crippen LogP contribution is 2.44. The molecule has 2 aromatic carbocycles. The summed E-state index contributed by atoms with van der Waals surface area (Å²) < 4.78 is 14.6. The summed E-state index contributed by atoms with van der Waals surface area (Å²) in [7, 11) is 0. The number of benzene rings is 2. The summed E-state index contributed by atoms with van der Waals surface area (Å²) in [6.45, 7) is 0. The Kier molecular flexibility index (Phi) is 4.07. The van der Waals surface area contributed by atoms with Crippen molar-refractivity contribution in [1.29, 1.82) is 0 Å². The zero-order valence-electron chi connectivity index (χ0n) is 13.0. The van der Waals surface area contributed by atoms with Crippen LogP contribution in [0.2, 0.25) is 0 Å². The second-order valence-electron chi connectivity index (χ2n) is 5.46. The number of carbonyl (C=O) groups excluding carboxylic acids is 1. The maximum atomic E-state index is 13.6. The van der Waals surface area contributed by atoms with Gasteiger partial charge < -0.3 is 10.7 Å². The smallest absolute Gasteiger partial charge is 0.249 e. The van der Waals surface area contributed by atoms with E-state index in [0.717, 1.165) is 31.3 Å². The fraction of sp³-hybridized carbons (Fsp3) is 0. The van der Waals surface area contributed by atoms with Crippen molar-refractivity contribution >= 4 is 39.2 Å². The Morgan fingerprint density at radius 3 is 2.76 bits per heavy atom. The van der Waals surface area contributed by atoms with Crippen LogP contribution in [-0.2, 0) is 0 Å². The van der Waals surface area contributed by atoms with Crippen molar-refractivity contribution in [2.45, 2.75) is 9.79 Å². The predicted molar refractivity (Wildman–Crippen MR) is 101 cm³/mol. The minimum Gasteiger partial charge on any atom is -0.366 e. The van der Waals surface area contributed by atoms with Crippen LogP contribution in [0.1, 0.15) is 10.4 Å². The lowest BCUT2D eigenvalue weighted by Gasteiger charge is -2.08. The molecule has 25 heavy (non-hydrogen) atoms. The van der Waals surface area contributed by atoms with Crippen LogP contribution in [0.3, 0.4) is 0 Å². The molecular weight excluding hydrogens is 355 g/mol. The number of thiophene rings is 1. The van der Waals surface area contributed by atoms with E-state index >= 15 is 0 Å². The van der Waals surface area contributed by atoms with Crippen LogP contribution in [0.25, 0.3) is 21.5 Å². The van der Waals surface area contributed by atoms with E-state index in [2.05, 4.69) is 4.98 Å². The number of carbonyl (C=O) groups is 1. The molecule has 0 saturated carbocycles. The van der Waals surface area contributed by atoms with Crippen LogP contribution >= 0.6 is 23.1 Å². The fourth-order valence-electron chi connectivity index (χ4n) is 2.74. The second-order valence-corrected chi connectivity index (χ2v) is 7.46. The molecule has 4 aromatic rings. The third kappa shape index (κ3) is 2.94. The first-order valence-electron chi connectivity index (χ1n) is 7.55. The second kappa shape index (κ2) is 6.38. The fourth-order valence-corrected chi connectivity index (χ4v) is 4.82. The summed E-state index contributed by atoms with van der Waals surface area (Å²) in [6.07, 6.45) is 0. The molecule has 0 radical (unpaired) electrons. The number of hydrogen-bond acceptors (Lipinski definition) is 3. The summed E-state index contributed by atoms with van der Waals surface area (Å²) in [5, 5.41) is 2.00. The molecule has 0 fully saturated rings. The van der Waals surface area contributed by atoms with Crippen molar-refractivity contribution in [3.8, 4) is 11.3 Å². The van der Waals surface area contributed by atoms with Crippen LogP contribution in [0, 0.1) is 5.82 Å². The highest BCUT2D eigenvalue weighted by atomic mass is 32.2. The number of halogens is 1. The summed E-state index contributed by atoms with van der Waals surface area (Å²) >= 11 is 3.08. The largest absolute Gasteiger partial charge is 0.366 e. The van der Waals surface area contributed by atoms with Crippen molar-refractivity contribution in [2.75, 3.05) is 0 Å². The van der Waals surface area contributed by atoms with Crippen molar-refractivity contribution < 1.29 is 9.18 Å². The highest BCUT2D eigenvalue weighted by Gasteiger charge is 2.19. The minimum absolute atomic E-state index is 0.276. The molecule has 3 N–H and O–H groups in total. The Balaban J connectivity index is 1.91. The molecule has 124 valence electrons. The van der Waals surface area contributed by atoms with E-state index in [1.54, 1.807) is 29.5 Å². The average Bonchev–Trinajstić information content (AvgIpc) is 3.17. The molecule has 4 rings (SSSR count). The van der Waals surface area contributed by atoms with E-state index in [-0.39, 0.29) is 5.82 Å². The van der Waals surface area contributed by atoms with Gasteiger partial charge in [-0.2, -0.15) is 0 Å². The van der Waals surface area contributed by atoms with Crippen LogP contribution in [-0.4, -0.2) is 10.9 Å². The Hall–Kier alpha value is -2.57. The molecule has 6 heteroatoms. The molecule has 3 nitrogen and oxygen atoms in total. The van der Waals surface area contributed by atoms with Gasteiger partial charge in [0.2, 0.25) is 5.91 Å². The quantitative estimate of drug-likeness (QED) is 0.514. The van der Waals surface area contributed by atoms with Crippen LogP contribution in [0.4, 0.5) is 4.39 Å². The van der Waals surface area contributed by atoms with Gasteiger partial charge in [-0.05, 0) is 35.7 Å². The zero-order chi connectivity index (χ0) is 17.4. The van der Waals surface area contributed by atoms with Gasteiger partial charge in [-0.3, -0.25) is 4.79 Å². The molecule has 0 bridgehead atoms. The van der Waals surface area contributed by atoms with Gasteiger partial charge in [0.05, 0.1) is 20.8 Å². The monoisotopic (exact) mass is 368 g/mol. The Morgan fingerprint density at radius 2 is 1.96 bits per heavy atom. The summed E-state index contributed by atoms with van der Waals surface area (Å²) in [5.74, 6) is -0.752. The molecular formula is C19H13FN2OS2. The first kappa shape index (κ1) is 15.9. The maximum Gasteiger partial charge on any atom is 0.249 e. The van der Waals surface area contributed by atoms with Crippen LogP contribution in [0.5, 0.6) is 0 Å². The van der Waals surface area contributed by atoms with Gasteiger partial charge in [0.15, 0.2) is 0 Å². The third-order valence-corrected chi connectivity index (χ3v) is 6.00. The minimum atomic E-state index is -0.477. The Morgan fingerprint density at radius 1 is 1.12 bits per heavy atom. The summed E-state index contributed by atoms with van der Waals surface area (Å²) in [6, 6.07) is 15.7. The van der Waals surface area contributed by atoms with Gasteiger partial charge in [0.25, 0.3) is 0 Å². The van der Waals surface area contributed by atoms with Crippen LogP contribution < -0.4 is 5.73 Å². The van der Waals surface area contributed by atoms with E-state index in [1.807, 2.05) is 29.6 Å². The number of amides is 1. The summed E-state index contributed by atoms with van der Waals surface area (Å²) in [5.41, 5.74) is 8.55. The molecule has 0 unspecified atom stereocenters. The van der Waals surface area contributed by atoms with Crippen molar-refractivity contribution in [2.24, 2.45) is 5.73 Å². The average molecular weight is 368 g/mol. The number of fused-ring (bicyclic) bond motifs is 1. The number of H-pyrrole nitrogens is 1. The zero-order valence-corrected chi connectivity index (χ0v) is 14.6. The lowest BCUT2D eigenvalue weighted by Crippen LogP contribution is -2.12. The maximum absolute atomic E-state index is 13.6. The molecule has 0 aliphatic carbocycles. The molecule has 2 aromatic heterocycles. The molecule has 0 atom stereocenters. The Labute approximate surface area is 151 Å². The number of hydrogen-bond donors (Lipinski definition) is 2. The topological polar surface area (TPSA) is 58.9 Å². The van der Waals surface area contributed by atoms with Gasteiger partial charge in [0, 0.05) is 16.0 Å². The molecule has 0 aliphatic rings. The number of aromatic amines is 1. The van der Waals surface area contributed by atoms with E-state index < -0.39 is 5.91 Å². The number of aromatic nitrogens is 1. The third-order valence-electron chi connectivity index (χ3n) is 3.84. The number of primary amides is 1. The highest BCUT2D eigenvalue weighted by molar-refractivity contribution is 7.99. The SMILES string of the molecule is NC(=O)c1ccccc1-c1[nH]c2ccsc2c1Sc1cccc(F)c1. The van der Waals surface area contributed by atoms with Gasteiger partial charge in [-0.25, -0.2) is 4.39 Å². The van der Waals surface area contributed by atoms with Gasteiger partial charge in [0.1, 0.15) is 5.82 Å². The lowest BCUT2D eigenvalue weighted by atomic mass is 10.0. The normalized spacial score (nSPS) is 11.1. The number of nitrogens with two attached hydrogens (primary N) is 1. The van der Waals surface area contributed by atoms with Gasteiger partial charge in [-0.15, -0.1) is 11.3 Å². The Bertz CT molecular complexity index is 1080. The van der Waals surface area contributed by atoms with Crippen molar-refractivity contribution in [1.82, 2.24) is 4.98 Å². The predicted octanol–water partition coefficient (Wildman–Crippen LogP) is 5.29. The van der Waals surface area contributed by atoms with Crippen molar-refractivity contribution in [3.63, 3.8) is 0 Å². The molecule has 0 aliphatic heterocycles. The molecule has 2 heterocycles. The molecule has 1 amide bonds. The number of rotatable bonds is 4. The lowest BCUT2D eigenvalue weighted by molar-refractivity contribution is 0.100. The van der Waals surface area contributed by atoms with Gasteiger partial charge in [-0.1, -0.05) is 36.0 Å². The van der Waals surface area contributed by atoms with E-state index in [4.69, 9.17) is 5.73 Å². The van der Waals surface area contributed by atoms with Crippen LogP contribution in [0.15, 0.2) is 69.8 Å². The number of nitrogens with one attached hydrogen (secondary N) is 1. The standard InChI is InChI=1S/C19H13FN2OS2/c20-11-4-3-5-12(10-11)25-18-16(22-15-8-9-24-17(15)18)13-6-1-2-7-14(13)19(21)23/h1-10,22H,(H2,21,23). The molecule has 0 spiro atoms. The first-order chi connectivity index (χ1) is 12.1. The van der Waals surface area contributed by atoms with E-state index in [1.165, 1.54) is 23.9 Å². The summed E-state index contributed by atoms with van der Waals surface area (Å²) in [4.78, 5) is 17.0. The van der Waals surface area contributed by atoms with E-state index in [0.29, 0.717) is 5.56 Å². The van der Waals surface area contributed by atoms with E-state index in [9.17, 15) is 9.18 Å².